The number of benzene rings is 1. The summed E-state index contributed by atoms with van der Waals surface area (Å²) in [7, 11) is -3.70. The topological polar surface area (TPSA) is 101 Å². The Morgan fingerprint density at radius 3 is 2.55 bits per heavy atom. The molecule has 0 spiro atoms. The van der Waals surface area contributed by atoms with Crippen molar-refractivity contribution in [2.24, 2.45) is 5.73 Å². The second kappa shape index (κ2) is 5.26. The molecule has 0 radical (unpaired) electrons. The summed E-state index contributed by atoms with van der Waals surface area (Å²) in [6, 6.07) is 5.40. The number of rotatable bonds is 4. The van der Waals surface area contributed by atoms with Crippen molar-refractivity contribution in [1.82, 2.24) is 10.2 Å². The highest BCUT2D eigenvalue weighted by Crippen LogP contribution is 2.22. The zero-order chi connectivity index (χ0) is 14.9. The third kappa shape index (κ3) is 2.68. The number of nitrogens with two attached hydrogens (primary N) is 1. The molecule has 0 aliphatic carbocycles. The summed E-state index contributed by atoms with van der Waals surface area (Å²) in [4.78, 5) is 0.123. The van der Waals surface area contributed by atoms with Gasteiger partial charge in [0.25, 0.3) is 10.0 Å². The largest absolute Gasteiger partial charge is 0.325 e. The van der Waals surface area contributed by atoms with E-state index in [9.17, 15) is 8.42 Å². The molecule has 4 N–H and O–H groups in total. The van der Waals surface area contributed by atoms with Crippen LogP contribution in [0.4, 0.5) is 5.69 Å². The van der Waals surface area contributed by atoms with Gasteiger partial charge in [0.1, 0.15) is 4.90 Å². The van der Waals surface area contributed by atoms with Gasteiger partial charge in [0.15, 0.2) is 0 Å². The molecule has 1 aromatic heterocycles. The number of sulfonamides is 1. The summed E-state index contributed by atoms with van der Waals surface area (Å²) >= 11 is 0. The van der Waals surface area contributed by atoms with Crippen LogP contribution in [0.2, 0.25) is 0 Å². The number of nitrogens with zero attached hydrogens (tertiary/aromatic N) is 1. The lowest BCUT2D eigenvalue weighted by atomic mass is 10.1. The predicted octanol–water partition coefficient (Wildman–Crippen LogP) is 1.59. The molecule has 6 nitrogen and oxygen atoms in total. The molecule has 0 saturated heterocycles. The first-order valence-electron chi connectivity index (χ1n) is 6.19. The Morgan fingerprint density at radius 2 is 1.95 bits per heavy atom. The lowest BCUT2D eigenvalue weighted by Crippen LogP contribution is -2.16. The molecule has 0 aliphatic heterocycles. The van der Waals surface area contributed by atoms with E-state index >= 15 is 0 Å². The first-order chi connectivity index (χ1) is 9.35. The summed E-state index contributed by atoms with van der Waals surface area (Å²) < 4.78 is 27.4. The summed E-state index contributed by atoms with van der Waals surface area (Å²) in [5.74, 6) is 0. The number of anilines is 1. The minimum absolute atomic E-state index is 0.0630. The summed E-state index contributed by atoms with van der Waals surface area (Å²) in [6.07, 6.45) is 0. The molecule has 2 rings (SSSR count). The number of nitrogens with one attached hydrogen (secondary N) is 2. The lowest BCUT2D eigenvalue weighted by molar-refractivity contribution is 0.599. The van der Waals surface area contributed by atoms with E-state index in [-0.39, 0.29) is 11.4 Å². The van der Waals surface area contributed by atoms with Crippen LogP contribution in [0.3, 0.4) is 0 Å². The van der Waals surface area contributed by atoms with E-state index in [0.717, 1.165) is 11.1 Å². The molecule has 1 aromatic carbocycles. The molecule has 1 heterocycles. The fourth-order valence-corrected chi connectivity index (χ4v) is 3.40. The van der Waals surface area contributed by atoms with Crippen molar-refractivity contribution in [2.75, 3.05) is 4.72 Å². The Balaban J connectivity index is 2.40. The Morgan fingerprint density at radius 1 is 1.25 bits per heavy atom. The molecule has 0 bridgehead atoms. The van der Waals surface area contributed by atoms with E-state index in [4.69, 9.17) is 5.73 Å². The average molecular weight is 294 g/mol. The second-order valence-corrected chi connectivity index (χ2v) is 6.35. The van der Waals surface area contributed by atoms with Crippen LogP contribution in [0, 0.1) is 20.8 Å². The van der Waals surface area contributed by atoms with Gasteiger partial charge in [-0.2, -0.15) is 5.10 Å². The number of H-pyrrole nitrogens is 1. The van der Waals surface area contributed by atoms with Gasteiger partial charge in [-0.15, -0.1) is 0 Å². The van der Waals surface area contributed by atoms with Crippen LogP contribution in [0.25, 0.3) is 0 Å². The van der Waals surface area contributed by atoms with Crippen molar-refractivity contribution in [1.29, 1.82) is 0 Å². The highest BCUT2D eigenvalue weighted by Gasteiger charge is 2.23. The highest BCUT2D eigenvalue weighted by atomic mass is 32.2. The third-order valence-corrected chi connectivity index (χ3v) is 4.77. The van der Waals surface area contributed by atoms with E-state index in [1.54, 1.807) is 19.1 Å². The molecule has 108 valence electrons. The van der Waals surface area contributed by atoms with Crippen molar-refractivity contribution >= 4 is 15.7 Å². The monoisotopic (exact) mass is 294 g/mol. The Bertz CT molecular complexity index is 735. The molecule has 2 aromatic rings. The van der Waals surface area contributed by atoms with Crippen LogP contribution in [0.15, 0.2) is 23.1 Å². The van der Waals surface area contributed by atoms with Crippen molar-refractivity contribution in [3.8, 4) is 0 Å². The van der Waals surface area contributed by atoms with E-state index in [1.165, 1.54) is 0 Å². The van der Waals surface area contributed by atoms with Gasteiger partial charge in [-0.25, -0.2) is 8.42 Å². The van der Waals surface area contributed by atoms with Crippen molar-refractivity contribution in [2.45, 2.75) is 32.2 Å². The van der Waals surface area contributed by atoms with Crippen molar-refractivity contribution in [3.63, 3.8) is 0 Å². The van der Waals surface area contributed by atoms with Crippen molar-refractivity contribution < 1.29 is 8.42 Å². The standard InChI is InChI=1S/C13H18N4O2S/c1-8-4-5-11(6-9(8)2)17-20(18,19)13-10(3)15-16-12(13)7-14/h4-6,17H,7,14H2,1-3H3,(H,15,16). The van der Waals surface area contributed by atoms with E-state index in [2.05, 4.69) is 14.9 Å². The molecule has 0 saturated carbocycles. The second-order valence-electron chi connectivity index (χ2n) is 4.73. The quantitative estimate of drug-likeness (QED) is 0.797. The Kier molecular flexibility index (Phi) is 3.82. The minimum atomic E-state index is -3.70. The van der Waals surface area contributed by atoms with E-state index in [0.29, 0.717) is 17.1 Å². The van der Waals surface area contributed by atoms with Crippen LogP contribution in [-0.2, 0) is 16.6 Å². The third-order valence-electron chi connectivity index (χ3n) is 3.18. The number of hydrogen-bond acceptors (Lipinski definition) is 4. The Hall–Kier alpha value is -1.86. The number of aromatic amines is 1. The SMILES string of the molecule is Cc1ccc(NS(=O)(=O)c2c(CN)n[nH]c2C)cc1C. The summed E-state index contributed by atoms with van der Waals surface area (Å²) in [5, 5.41) is 6.56. The van der Waals surface area contributed by atoms with Gasteiger partial charge in [0.2, 0.25) is 0 Å². The maximum atomic E-state index is 12.4. The smallest absolute Gasteiger partial charge is 0.265 e. The van der Waals surface area contributed by atoms with Crippen LogP contribution in [0.5, 0.6) is 0 Å². The maximum Gasteiger partial charge on any atom is 0.265 e. The van der Waals surface area contributed by atoms with E-state index in [1.807, 2.05) is 19.9 Å². The number of aromatic nitrogens is 2. The highest BCUT2D eigenvalue weighted by molar-refractivity contribution is 7.92. The maximum absolute atomic E-state index is 12.4. The molecule has 0 aliphatic rings. The molecule has 0 atom stereocenters. The first kappa shape index (κ1) is 14.5. The van der Waals surface area contributed by atoms with Gasteiger partial charge in [0.05, 0.1) is 11.4 Å². The van der Waals surface area contributed by atoms with Crippen LogP contribution in [-0.4, -0.2) is 18.6 Å². The van der Waals surface area contributed by atoms with Crippen LogP contribution >= 0.6 is 0 Å². The fourth-order valence-electron chi connectivity index (χ4n) is 1.98. The number of aryl methyl sites for hydroxylation is 3. The first-order valence-corrected chi connectivity index (χ1v) is 7.67. The molecule has 0 amide bonds. The van der Waals surface area contributed by atoms with E-state index < -0.39 is 10.0 Å². The molecular weight excluding hydrogens is 276 g/mol. The van der Waals surface area contributed by atoms with Gasteiger partial charge in [-0.05, 0) is 44.0 Å². The van der Waals surface area contributed by atoms with Gasteiger partial charge < -0.3 is 5.73 Å². The van der Waals surface area contributed by atoms with Crippen molar-refractivity contribution in [3.05, 3.63) is 40.7 Å². The van der Waals surface area contributed by atoms with Gasteiger partial charge >= 0.3 is 0 Å². The lowest BCUT2D eigenvalue weighted by Gasteiger charge is -2.10. The molecule has 7 heteroatoms. The molecule has 0 fully saturated rings. The molecular formula is C13H18N4O2S. The Labute approximate surface area is 118 Å². The average Bonchev–Trinajstić information content (AvgIpc) is 2.75. The van der Waals surface area contributed by atoms with Gasteiger partial charge in [0, 0.05) is 12.2 Å². The van der Waals surface area contributed by atoms with Crippen LogP contribution < -0.4 is 10.5 Å². The normalized spacial score (nSPS) is 11.6. The van der Waals surface area contributed by atoms with Gasteiger partial charge in [-0.3, -0.25) is 9.82 Å². The van der Waals surface area contributed by atoms with Crippen LogP contribution in [0.1, 0.15) is 22.5 Å². The number of hydrogen-bond donors (Lipinski definition) is 3. The summed E-state index contributed by atoms with van der Waals surface area (Å²) in [5.41, 5.74) is 8.98. The zero-order valence-electron chi connectivity index (χ0n) is 11.7. The molecule has 0 unspecified atom stereocenters. The fraction of sp³-hybridized carbons (Fsp3) is 0.308. The molecule has 20 heavy (non-hydrogen) atoms. The zero-order valence-corrected chi connectivity index (χ0v) is 12.5. The minimum Gasteiger partial charge on any atom is -0.325 e. The van der Waals surface area contributed by atoms with Gasteiger partial charge in [-0.1, -0.05) is 6.07 Å². The summed E-state index contributed by atoms with van der Waals surface area (Å²) in [6.45, 7) is 5.62. The predicted molar refractivity (Wildman–Crippen MR) is 77.9 cm³/mol.